The van der Waals surface area contributed by atoms with E-state index in [1.54, 1.807) is 24.3 Å². The van der Waals surface area contributed by atoms with Crippen molar-refractivity contribution in [2.24, 2.45) is 4.99 Å². The van der Waals surface area contributed by atoms with Gasteiger partial charge in [-0.2, -0.15) is 4.99 Å². The lowest BCUT2D eigenvalue weighted by Gasteiger charge is -2.09. The van der Waals surface area contributed by atoms with Gasteiger partial charge in [-0.3, -0.25) is 4.79 Å². The summed E-state index contributed by atoms with van der Waals surface area (Å²) >= 11 is 7.85. The van der Waals surface area contributed by atoms with Crippen LogP contribution in [0, 0.1) is 0 Å². The Labute approximate surface area is 173 Å². The molecular formula is C21H23ClN2O3S. The average molecular weight is 419 g/mol. The van der Waals surface area contributed by atoms with E-state index in [1.807, 2.05) is 43.5 Å². The molecule has 0 atom stereocenters. The second kappa shape index (κ2) is 9.37. The second-order valence-electron chi connectivity index (χ2n) is 6.43. The molecule has 3 rings (SSSR count). The molecule has 148 valence electrons. The van der Waals surface area contributed by atoms with E-state index >= 15 is 0 Å². The Balaban J connectivity index is 1.97. The molecule has 0 N–H and O–H groups in total. The van der Waals surface area contributed by atoms with Crippen LogP contribution in [-0.2, 0) is 11.3 Å². The smallest absolute Gasteiger partial charge is 0.279 e. The van der Waals surface area contributed by atoms with Crippen LogP contribution >= 0.6 is 22.9 Å². The molecule has 7 heteroatoms. The van der Waals surface area contributed by atoms with Crippen molar-refractivity contribution in [2.75, 3.05) is 13.2 Å². The predicted molar refractivity (Wildman–Crippen MR) is 113 cm³/mol. The molecule has 28 heavy (non-hydrogen) atoms. The Bertz CT molecular complexity index is 1020. The summed E-state index contributed by atoms with van der Waals surface area (Å²) in [5.74, 6) is 0.427. The molecule has 1 heterocycles. The summed E-state index contributed by atoms with van der Waals surface area (Å²) in [7, 11) is 0. The molecule has 0 fully saturated rings. The second-order valence-corrected chi connectivity index (χ2v) is 7.84. The lowest BCUT2D eigenvalue weighted by atomic mass is 10.2. The number of halogens is 1. The Hall–Kier alpha value is -2.15. The summed E-state index contributed by atoms with van der Waals surface area (Å²) in [6, 6.07) is 12.7. The summed E-state index contributed by atoms with van der Waals surface area (Å²) in [5, 5.41) is 0.634. The van der Waals surface area contributed by atoms with Crippen molar-refractivity contribution in [1.29, 1.82) is 0 Å². The van der Waals surface area contributed by atoms with Crippen LogP contribution in [0.15, 0.2) is 47.5 Å². The van der Waals surface area contributed by atoms with Gasteiger partial charge >= 0.3 is 0 Å². The maximum absolute atomic E-state index is 12.7. The Kier molecular flexibility index (Phi) is 6.88. The number of ether oxygens (including phenoxy) is 2. The van der Waals surface area contributed by atoms with Gasteiger partial charge in [0.05, 0.1) is 28.0 Å². The standard InChI is InChI=1S/C21H23ClN2O3S/c1-4-26-13-12-24-19-17(22)6-5-7-18(19)28-21(24)23-20(25)15-8-10-16(11-9-15)27-14(2)3/h5-11,14H,4,12-13H2,1-3H3. The van der Waals surface area contributed by atoms with Crippen molar-refractivity contribution in [1.82, 2.24) is 4.57 Å². The molecule has 5 nitrogen and oxygen atoms in total. The van der Waals surface area contributed by atoms with E-state index in [9.17, 15) is 4.79 Å². The van der Waals surface area contributed by atoms with Gasteiger partial charge in [-0.05, 0) is 57.2 Å². The van der Waals surface area contributed by atoms with E-state index in [2.05, 4.69) is 4.99 Å². The van der Waals surface area contributed by atoms with Gasteiger partial charge in [0.15, 0.2) is 4.80 Å². The van der Waals surface area contributed by atoms with Crippen LogP contribution in [0.5, 0.6) is 5.75 Å². The van der Waals surface area contributed by atoms with Gasteiger partial charge in [0, 0.05) is 18.7 Å². The summed E-state index contributed by atoms with van der Waals surface area (Å²) < 4.78 is 14.0. The highest BCUT2D eigenvalue weighted by atomic mass is 35.5. The van der Waals surface area contributed by atoms with E-state index < -0.39 is 0 Å². The number of nitrogens with zero attached hydrogens (tertiary/aromatic N) is 2. The van der Waals surface area contributed by atoms with Crippen molar-refractivity contribution in [3.05, 3.63) is 57.9 Å². The molecular weight excluding hydrogens is 396 g/mol. The van der Waals surface area contributed by atoms with E-state index in [0.29, 0.717) is 35.1 Å². The lowest BCUT2D eigenvalue weighted by Crippen LogP contribution is -2.20. The number of rotatable bonds is 7. The summed E-state index contributed by atoms with van der Waals surface area (Å²) in [5.41, 5.74) is 1.39. The molecule has 1 aromatic heterocycles. The number of hydrogen-bond acceptors (Lipinski definition) is 4. The van der Waals surface area contributed by atoms with Crippen LogP contribution in [0.25, 0.3) is 10.2 Å². The first-order valence-electron chi connectivity index (χ1n) is 9.21. The molecule has 2 aromatic carbocycles. The van der Waals surface area contributed by atoms with Crippen molar-refractivity contribution < 1.29 is 14.3 Å². The SMILES string of the molecule is CCOCCn1c(=NC(=O)c2ccc(OC(C)C)cc2)sc2cccc(Cl)c21. The maximum atomic E-state index is 12.7. The zero-order valence-corrected chi connectivity index (χ0v) is 17.7. The fourth-order valence-corrected chi connectivity index (χ4v) is 4.19. The lowest BCUT2D eigenvalue weighted by molar-refractivity contribution is 0.0996. The number of carbonyl (C=O) groups excluding carboxylic acids is 1. The largest absolute Gasteiger partial charge is 0.491 e. The predicted octanol–water partition coefficient (Wildman–Crippen LogP) is 4.92. The number of carbonyl (C=O) groups is 1. The van der Waals surface area contributed by atoms with Crippen LogP contribution in [0.1, 0.15) is 31.1 Å². The highest BCUT2D eigenvalue weighted by Gasteiger charge is 2.12. The van der Waals surface area contributed by atoms with Gasteiger partial charge in [-0.1, -0.05) is 29.0 Å². The minimum absolute atomic E-state index is 0.0823. The molecule has 0 aliphatic rings. The van der Waals surface area contributed by atoms with Crippen LogP contribution in [0.3, 0.4) is 0 Å². The van der Waals surface area contributed by atoms with Crippen molar-refractivity contribution in [2.45, 2.75) is 33.4 Å². The van der Waals surface area contributed by atoms with Gasteiger partial charge in [-0.15, -0.1) is 0 Å². The minimum atomic E-state index is -0.302. The topological polar surface area (TPSA) is 52.8 Å². The maximum Gasteiger partial charge on any atom is 0.279 e. The molecule has 0 saturated carbocycles. The minimum Gasteiger partial charge on any atom is -0.491 e. The van der Waals surface area contributed by atoms with Crippen molar-refractivity contribution in [3.63, 3.8) is 0 Å². The fraction of sp³-hybridized carbons (Fsp3) is 0.333. The molecule has 3 aromatic rings. The number of benzene rings is 2. The number of aromatic nitrogens is 1. The highest BCUT2D eigenvalue weighted by Crippen LogP contribution is 2.25. The Morgan fingerprint density at radius 2 is 1.96 bits per heavy atom. The third-order valence-corrected chi connectivity index (χ3v) is 5.33. The first-order chi connectivity index (χ1) is 13.5. The van der Waals surface area contributed by atoms with Crippen LogP contribution in [-0.4, -0.2) is 29.8 Å². The molecule has 0 bridgehead atoms. The highest BCUT2D eigenvalue weighted by molar-refractivity contribution is 7.16. The molecule has 0 saturated heterocycles. The number of amides is 1. The van der Waals surface area contributed by atoms with E-state index in [4.69, 9.17) is 21.1 Å². The molecule has 0 radical (unpaired) electrons. The molecule has 0 unspecified atom stereocenters. The van der Waals surface area contributed by atoms with Gasteiger partial charge < -0.3 is 14.0 Å². The Morgan fingerprint density at radius 1 is 1.21 bits per heavy atom. The third kappa shape index (κ3) is 4.82. The number of thiazole rings is 1. The normalized spacial score (nSPS) is 12.1. The molecule has 1 amide bonds. The van der Waals surface area contributed by atoms with Crippen LogP contribution in [0.4, 0.5) is 0 Å². The molecule has 0 aliphatic carbocycles. The monoisotopic (exact) mass is 418 g/mol. The number of fused-ring (bicyclic) bond motifs is 1. The van der Waals surface area contributed by atoms with E-state index in [-0.39, 0.29) is 12.0 Å². The number of para-hydroxylation sites is 1. The van der Waals surface area contributed by atoms with Crippen molar-refractivity contribution >= 4 is 39.1 Å². The van der Waals surface area contributed by atoms with Gasteiger partial charge in [0.25, 0.3) is 5.91 Å². The molecule has 0 spiro atoms. The van der Waals surface area contributed by atoms with Gasteiger partial charge in [0.1, 0.15) is 5.75 Å². The number of hydrogen-bond donors (Lipinski definition) is 0. The first kappa shape index (κ1) is 20.6. The summed E-state index contributed by atoms with van der Waals surface area (Å²) in [6.45, 7) is 7.60. The quantitative estimate of drug-likeness (QED) is 0.511. The van der Waals surface area contributed by atoms with E-state index in [0.717, 1.165) is 16.0 Å². The van der Waals surface area contributed by atoms with Crippen LogP contribution < -0.4 is 9.54 Å². The molecule has 0 aliphatic heterocycles. The zero-order chi connectivity index (χ0) is 20.1. The summed E-state index contributed by atoms with van der Waals surface area (Å²) in [6.07, 6.45) is 0.0823. The van der Waals surface area contributed by atoms with Crippen LogP contribution in [0.2, 0.25) is 5.02 Å². The third-order valence-electron chi connectivity index (χ3n) is 3.99. The van der Waals surface area contributed by atoms with Crippen molar-refractivity contribution in [3.8, 4) is 5.75 Å². The van der Waals surface area contributed by atoms with E-state index in [1.165, 1.54) is 11.3 Å². The van der Waals surface area contributed by atoms with Gasteiger partial charge in [-0.25, -0.2) is 0 Å². The zero-order valence-electron chi connectivity index (χ0n) is 16.1. The van der Waals surface area contributed by atoms with Gasteiger partial charge in [0.2, 0.25) is 0 Å². The summed E-state index contributed by atoms with van der Waals surface area (Å²) in [4.78, 5) is 17.7. The average Bonchev–Trinajstić information content (AvgIpc) is 3.00. The first-order valence-corrected chi connectivity index (χ1v) is 10.4. The fourth-order valence-electron chi connectivity index (χ4n) is 2.78. The Morgan fingerprint density at radius 3 is 2.64 bits per heavy atom.